The highest BCUT2D eigenvalue weighted by Gasteiger charge is 2.24. The van der Waals surface area contributed by atoms with Crippen LogP contribution in [0.2, 0.25) is 0 Å². The first-order chi connectivity index (χ1) is 9.00. The van der Waals surface area contributed by atoms with E-state index in [2.05, 4.69) is 5.32 Å². The van der Waals surface area contributed by atoms with E-state index in [4.69, 9.17) is 21.9 Å². The number of hydrogen-bond donors (Lipinski definition) is 4. The monoisotopic (exact) mass is 284 g/mol. The molecular formula is C11H16N4O3S. The van der Waals surface area contributed by atoms with Gasteiger partial charge in [0.1, 0.15) is 9.88 Å². The van der Waals surface area contributed by atoms with E-state index in [0.29, 0.717) is 11.5 Å². The van der Waals surface area contributed by atoms with Crippen molar-refractivity contribution in [2.24, 2.45) is 11.5 Å². The SMILES string of the molecule is NC(=O)c1sc(NCC2CCCO2)c(C(N)=O)c1N. The summed E-state index contributed by atoms with van der Waals surface area (Å²) in [5.74, 6) is -1.36. The number of ether oxygens (including phenoxy) is 1. The van der Waals surface area contributed by atoms with Gasteiger partial charge in [-0.2, -0.15) is 0 Å². The van der Waals surface area contributed by atoms with Crippen molar-refractivity contribution in [3.8, 4) is 0 Å². The van der Waals surface area contributed by atoms with Crippen LogP contribution in [0.15, 0.2) is 0 Å². The summed E-state index contributed by atoms with van der Waals surface area (Å²) < 4.78 is 5.46. The molecule has 2 amide bonds. The minimum Gasteiger partial charge on any atom is -0.397 e. The van der Waals surface area contributed by atoms with Crippen LogP contribution < -0.4 is 22.5 Å². The standard InChI is InChI=1S/C11H16N4O3S/c12-7-6(9(13)16)11(19-8(7)10(14)17)15-4-5-2-1-3-18-5/h5,15H,1-4,12H2,(H2,13,16)(H2,14,17). The Morgan fingerprint density at radius 1 is 1.37 bits per heavy atom. The van der Waals surface area contributed by atoms with Gasteiger partial charge >= 0.3 is 0 Å². The van der Waals surface area contributed by atoms with Crippen molar-refractivity contribution in [3.63, 3.8) is 0 Å². The molecule has 1 fully saturated rings. The predicted octanol–water partition coefficient (Wildman–Crippen LogP) is 0.119. The van der Waals surface area contributed by atoms with Crippen molar-refractivity contribution in [1.29, 1.82) is 0 Å². The molecule has 1 unspecified atom stereocenters. The fourth-order valence-electron chi connectivity index (χ4n) is 2.01. The largest absolute Gasteiger partial charge is 0.397 e. The Morgan fingerprint density at radius 2 is 2.11 bits per heavy atom. The Bertz CT molecular complexity index is 508. The maximum atomic E-state index is 11.4. The Hall–Kier alpha value is -1.80. The predicted molar refractivity (Wildman–Crippen MR) is 73.2 cm³/mol. The number of nitrogens with one attached hydrogen (secondary N) is 1. The van der Waals surface area contributed by atoms with E-state index in [9.17, 15) is 9.59 Å². The third kappa shape index (κ3) is 2.79. The molecule has 1 aromatic rings. The normalized spacial score (nSPS) is 18.4. The molecule has 7 nitrogen and oxygen atoms in total. The quantitative estimate of drug-likeness (QED) is 0.609. The van der Waals surface area contributed by atoms with E-state index < -0.39 is 11.8 Å². The zero-order chi connectivity index (χ0) is 14.0. The molecule has 0 radical (unpaired) electrons. The number of anilines is 2. The van der Waals surface area contributed by atoms with Crippen LogP contribution in [0.4, 0.5) is 10.7 Å². The lowest BCUT2D eigenvalue weighted by Gasteiger charge is -2.11. The van der Waals surface area contributed by atoms with Crippen LogP contribution in [-0.4, -0.2) is 31.1 Å². The van der Waals surface area contributed by atoms with Gasteiger partial charge in [0.15, 0.2) is 0 Å². The van der Waals surface area contributed by atoms with E-state index in [1.165, 1.54) is 0 Å². The minimum atomic E-state index is -0.684. The van der Waals surface area contributed by atoms with Gasteiger partial charge in [-0.15, -0.1) is 11.3 Å². The van der Waals surface area contributed by atoms with Gasteiger partial charge in [0.05, 0.1) is 17.4 Å². The molecular weight excluding hydrogens is 268 g/mol. The smallest absolute Gasteiger partial charge is 0.260 e. The average Bonchev–Trinajstić information content (AvgIpc) is 2.93. The molecule has 19 heavy (non-hydrogen) atoms. The van der Waals surface area contributed by atoms with Gasteiger partial charge in [0.25, 0.3) is 11.8 Å². The highest BCUT2D eigenvalue weighted by atomic mass is 32.1. The van der Waals surface area contributed by atoms with Gasteiger partial charge in [0, 0.05) is 13.2 Å². The van der Waals surface area contributed by atoms with Gasteiger partial charge in [-0.1, -0.05) is 0 Å². The first-order valence-corrected chi connectivity index (χ1v) is 6.69. The molecule has 0 spiro atoms. The molecule has 2 heterocycles. The fourth-order valence-corrected chi connectivity index (χ4v) is 2.99. The summed E-state index contributed by atoms with van der Waals surface area (Å²) in [6.07, 6.45) is 2.08. The number of rotatable bonds is 5. The second kappa shape index (κ2) is 5.45. The van der Waals surface area contributed by atoms with E-state index in [1.807, 2.05) is 0 Å². The summed E-state index contributed by atoms with van der Waals surface area (Å²) in [5.41, 5.74) is 16.4. The first-order valence-electron chi connectivity index (χ1n) is 5.88. The summed E-state index contributed by atoms with van der Waals surface area (Å²) in [7, 11) is 0. The van der Waals surface area contributed by atoms with Crippen molar-refractivity contribution < 1.29 is 14.3 Å². The van der Waals surface area contributed by atoms with Crippen molar-refractivity contribution >= 4 is 33.8 Å². The second-order valence-electron chi connectivity index (χ2n) is 4.29. The van der Waals surface area contributed by atoms with Crippen molar-refractivity contribution in [1.82, 2.24) is 0 Å². The van der Waals surface area contributed by atoms with Crippen LogP contribution in [0, 0.1) is 0 Å². The highest BCUT2D eigenvalue weighted by Crippen LogP contribution is 2.35. The van der Waals surface area contributed by atoms with Gasteiger partial charge in [-0.3, -0.25) is 9.59 Å². The molecule has 8 heteroatoms. The van der Waals surface area contributed by atoms with Gasteiger partial charge in [0.2, 0.25) is 0 Å². The van der Waals surface area contributed by atoms with E-state index >= 15 is 0 Å². The number of carbonyl (C=O) groups excluding carboxylic acids is 2. The summed E-state index contributed by atoms with van der Waals surface area (Å²) in [5, 5.41) is 3.52. The van der Waals surface area contributed by atoms with Crippen molar-refractivity contribution in [3.05, 3.63) is 10.4 Å². The van der Waals surface area contributed by atoms with Crippen LogP contribution >= 0.6 is 11.3 Å². The Labute approximate surface area is 114 Å². The molecule has 0 bridgehead atoms. The Morgan fingerprint density at radius 3 is 2.63 bits per heavy atom. The topological polar surface area (TPSA) is 133 Å². The zero-order valence-corrected chi connectivity index (χ0v) is 11.1. The molecule has 1 aromatic heterocycles. The lowest BCUT2D eigenvalue weighted by Crippen LogP contribution is -2.20. The van der Waals surface area contributed by atoms with Crippen LogP contribution in [0.5, 0.6) is 0 Å². The van der Waals surface area contributed by atoms with E-state index in [1.54, 1.807) is 0 Å². The fraction of sp³-hybridized carbons (Fsp3) is 0.455. The lowest BCUT2D eigenvalue weighted by molar-refractivity contribution is 0.0999. The number of thiophene rings is 1. The van der Waals surface area contributed by atoms with Gasteiger partial charge in [-0.25, -0.2) is 0 Å². The van der Waals surface area contributed by atoms with Crippen LogP contribution in [0.3, 0.4) is 0 Å². The number of amides is 2. The summed E-state index contributed by atoms with van der Waals surface area (Å²) in [4.78, 5) is 22.8. The maximum absolute atomic E-state index is 11.4. The molecule has 7 N–H and O–H groups in total. The molecule has 0 aliphatic carbocycles. The summed E-state index contributed by atoms with van der Waals surface area (Å²) in [6, 6.07) is 0. The summed E-state index contributed by atoms with van der Waals surface area (Å²) in [6.45, 7) is 1.28. The van der Waals surface area contributed by atoms with Crippen LogP contribution in [0.1, 0.15) is 32.9 Å². The second-order valence-corrected chi connectivity index (χ2v) is 5.31. The van der Waals surface area contributed by atoms with Crippen LogP contribution in [0.25, 0.3) is 0 Å². The number of hydrogen-bond acceptors (Lipinski definition) is 6. The molecule has 1 aliphatic heterocycles. The average molecular weight is 284 g/mol. The molecule has 1 saturated heterocycles. The lowest BCUT2D eigenvalue weighted by atomic mass is 10.2. The molecule has 104 valence electrons. The van der Waals surface area contributed by atoms with Crippen molar-refractivity contribution in [2.45, 2.75) is 18.9 Å². The Balaban J connectivity index is 2.20. The third-order valence-electron chi connectivity index (χ3n) is 2.93. The third-order valence-corrected chi connectivity index (χ3v) is 4.11. The number of nitrogen functional groups attached to an aromatic ring is 1. The molecule has 1 atom stereocenters. The Kier molecular flexibility index (Phi) is 3.91. The van der Waals surface area contributed by atoms with Gasteiger partial charge in [-0.05, 0) is 12.8 Å². The maximum Gasteiger partial charge on any atom is 0.260 e. The molecule has 0 saturated carbocycles. The minimum absolute atomic E-state index is 0.0415. The van der Waals surface area contributed by atoms with Crippen LogP contribution in [-0.2, 0) is 4.74 Å². The van der Waals surface area contributed by atoms with Gasteiger partial charge < -0.3 is 27.3 Å². The van der Waals surface area contributed by atoms with E-state index in [0.717, 1.165) is 30.8 Å². The first kappa shape index (κ1) is 13.6. The number of nitrogens with two attached hydrogens (primary N) is 3. The zero-order valence-electron chi connectivity index (χ0n) is 10.3. The van der Waals surface area contributed by atoms with Crippen molar-refractivity contribution in [2.75, 3.05) is 24.2 Å². The molecule has 2 rings (SSSR count). The number of carbonyl (C=O) groups is 2. The molecule has 1 aliphatic rings. The number of primary amides is 2. The summed E-state index contributed by atoms with van der Waals surface area (Å²) >= 11 is 1.04. The highest BCUT2D eigenvalue weighted by molar-refractivity contribution is 7.19. The molecule has 0 aromatic carbocycles. The van der Waals surface area contributed by atoms with E-state index in [-0.39, 0.29) is 22.2 Å².